The van der Waals surface area contributed by atoms with Gasteiger partial charge in [-0.2, -0.15) is 13.2 Å². The van der Waals surface area contributed by atoms with Gasteiger partial charge in [0, 0.05) is 13.0 Å². The highest BCUT2D eigenvalue weighted by Crippen LogP contribution is 2.21. The van der Waals surface area contributed by atoms with Crippen molar-refractivity contribution in [2.24, 2.45) is 5.92 Å². The number of unbranched alkanes of at least 4 members (excludes halogenated alkanes) is 1. The van der Waals surface area contributed by atoms with Gasteiger partial charge in [-0.25, -0.2) is 4.79 Å². The average molecular weight is 298 g/mol. The largest absolute Gasteiger partial charge is 0.481 e. The number of hydrogen-bond donors (Lipinski definition) is 3. The minimum absolute atomic E-state index is 0.0336. The third-order valence-electron chi connectivity index (χ3n) is 2.89. The van der Waals surface area contributed by atoms with Crippen LogP contribution in [-0.2, 0) is 9.53 Å². The lowest BCUT2D eigenvalue weighted by atomic mass is 10.0. The Bertz CT molecular complexity index is 349. The second-order valence-electron chi connectivity index (χ2n) is 4.56. The minimum Gasteiger partial charge on any atom is -0.481 e. The molecule has 2 amide bonds. The van der Waals surface area contributed by atoms with Crippen LogP contribution in [-0.4, -0.2) is 49.1 Å². The summed E-state index contributed by atoms with van der Waals surface area (Å²) in [5.41, 5.74) is 0. The molecule has 1 aliphatic rings. The fraction of sp³-hybridized carbons (Fsp3) is 0.818. The molecule has 0 aromatic rings. The molecule has 1 aliphatic heterocycles. The van der Waals surface area contributed by atoms with Gasteiger partial charge >= 0.3 is 18.2 Å². The van der Waals surface area contributed by atoms with Gasteiger partial charge in [0.15, 0.2) is 0 Å². The number of carboxylic acid groups (broad SMARTS) is 1. The van der Waals surface area contributed by atoms with Crippen molar-refractivity contribution in [3.63, 3.8) is 0 Å². The molecule has 0 aliphatic carbocycles. The number of urea groups is 1. The number of carbonyl (C=O) groups is 2. The van der Waals surface area contributed by atoms with Crippen LogP contribution < -0.4 is 10.6 Å². The van der Waals surface area contributed by atoms with Crippen molar-refractivity contribution < 1.29 is 32.6 Å². The number of amides is 2. The highest BCUT2D eigenvalue weighted by Gasteiger charge is 2.35. The molecule has 1 rings (SSSR count). The molecule has 1 fully saturated rings. The molecule has 2 unspecified atom stereocenters. The van der Waals surface area contributed by atoms with E-state index in [1.165, 1.54) is 0 Å². The van der Waals surface area contributed by atoms with Gasteiger partial charge in [0.25, 0.3) is 0 Å². The van der Waals surface area contributed by atoms with E-state index in [0.29, 0.717) is 0 Å². The van der Waals surface area contributed by atoms with Gasteiger partial charge in [-0.1, -0.05) is 0 Å². The standard InChI is InChI=1S/C11H17F3N2O4/c12-11(13,14)3-1-2-4-15-10(19)16-8-6-20-5-7(8)9(17)18/h7-8H,1-6H2,(H,17,18)(H2,15,16,19). The summed E-state index contributed by atoms with van der Waals surface area (Å²) in [6.45, 7) is 0.248. The van der Waals surface area contributed by atoms with Gasteiger partial charge in [0.2, 0.25) is 0 Å². The van der Waals surface area contributed by atoms with E-state index in [1.807, 2.05) is 0 Å². The minimum atomic E-state index is -4.18. The van der Waals surface area contributed by atoms with Gasteiger partial charge in [-0.3, -0.25) is 4.79 Å². The number of nitrogens with one attached hydrogen (secondary N) is 2. The number of halogens is 3. The zero-order chi connectivity index (χ0) is 15.2. The Hall–Kier alpha value is -1.51. The first-order valence-electron chi connectivity index (χ1n) is 6.21. The van der Waals surface area contributed by atoms with E-state index in [-0.39, 0.29) is 32.6 Å². The molecule has 0 spiro atoms. The number of alkyl halides is 3. The SMILES string of the molecule is O=C(NCCCCC(F)(F)F)NC1COCC1C(=O)O. The molecule has 1 saturated heterocycles. The van der Waals surface area contributed by atoms with Gasteiger partial charge in [0.05, 0.1) is 19.3 Å². The van der Waals surface area contributed by atoms with Gasteiger partial charge in [-0.05, 0) is 12.8 Å². The molecule has 0 aromatic heterocycles. The first-order valence-corrected chi connectivity index (χ1v) is 6.21. The molecule has 1 heterocycles. The molecule has 9 heteroatoms. The fourth-order valence-electron chi connectivity index (χ4n) is 1.81. The molecular weight excluding hydrogens is 281 g/mol. The maximum Gasteiger partial charge on any atom is 0.389 e. The lowest BCUT2D eigenvalue weighted by Crippen LogP contribution is -2.47. The Balaban J connectivity index is 2.16. The lowest BCUT2D eigenvalue weighted by Gasteiger charge is -2.16. The first-order chi connectivity index (χ1) is 9.29. The van der Waals surface area contributed by atoms with E-state index in [2.05, 4.69) is 10.6 Å². The fourth-order valence-corrected chi connectivity index (χ4v) is 1.81. The van der Waals surface area contributed by atoms with E-state index in [4.69, 9.17) is 9.84 Å². The van der Waals surface area contributed by atoms with Crippen LogP contribution in [0.4, 0.5) is 18.0 Å². The van der Waals surface area contributed by atoms with Crippen molar-refractivity contribution in [2.75, 3.05) is 19.8 Å². The van der Waals surface area contributed by atoms with E-state index in [0.717, 1.165) is 0 Å². The van der Waals surface area contributed by atoms with Crippen LogP contribution in [0, 0.1) is 5.92 Å². The van der Waals surface area contributed by atoms with Crippen LogP contribution >= 0.6 is 0 Å². The summed E-state index contributed by atoms with van der Waals surface area (Å²) in [5.74, 6) is -1.86. The lowest BCUT2D eigenvalue weighted by molar-refractivity contribution is -0.142. The maximum absolute atomic E-state index is 11.9. The molecule has 0 bridgehead atoms. The molecule has 3 N–H and O–H groups in total. The van der Waals surface area contributed by atoms with Crippen LogP contribution in [0.3, 0.4) is 0 Å². The van der Waals surface area contributed by atoms with E-state index < -0.39 is 36.6 Å². The summed E-state index contributed by atoms with van der Waals surface area (Å²) in [6.07, 6.45) is -4.92. The topological polar surface area (TPSA) is 87.7 Å². The Morgan fingerprint density at radius 3 is 2.55 bits per heavy atom. The Morgan fingerprint density at radius 1 is 1.25 bits per heavy atom. The monoisotopic (exact) mass is 298 g/mol. The van der Waals surface area contributed by atoms with Crippen LogP contribution in [0.15, 0.2) is 0 Å². The van der Waals surface area contributed by atoms with Gasteiger partial charge in [0.1, 0.15) is 5.92 Å². The molecule has 0 radical (unpaired) electrons. The van der Waals surface area contributed by atoms with Crippen LogP contribution in [0.5, 0.6) is 0 Å². The number of rotatable bonds is 6. The molecule has 0 saturated carbocycles. The van der Waals surface area contributed by atoms with Gasteiger partial charge in [-0.15, -0.1) is 0 Å². The molecule has 0 aromatic carbocycles. The number of aliphatic carboxylic acids is 1. The predicted molar refractivity (Wildman–Crippen MR) is 62.2 cm³/mol. The Kier molecular flexibility index (Phi) is 6.05. The quantitative estimate of drug-likeness (QED) is 0.641. The van der Waals surface area contributed by atoms with Crippen LogP contribution in [0.2, 0.25) is 0 Å². The van der Waals surface area contributed by atoms with Crippen molar-refractivity contribution in [3.05, 3.63) is 0 Å². The summed E-state index contributed by atoms with van der Waals surface area (Å²) in [7, 11) is 0. The second kappa shape index (κ2) is 7.32. The first kappa shape index (κ1) is 16.5. The van der Waals surface area contributed by atoms with Gasteiger partial charge < -0.3 is 20.5 Å². The highest BCUT2D eigenvalue weighted by molar-refractivity contribution is 5.77. The average Bonchev–Trinajstić information content (AvgIpc) is 2.75. The molecule has 116 valence electrons. The highest BCUT2D eigenvalue weighted by atomic mass is 19.4. The summed E-state index contributed by atoms with van der Waals surface area (Å²) >= 11 is 0. The third-order valence-corrected chi connectivity index (χ3v) is 2.89. The zero-order valence-corrected chi connectivity index (χ0v) is 10.7. The van der Waals surface area contributed by atoms with E-state index in [9.17, 15) is 22.8 Å². The third kappa shape index (κ3) is 6.09. The van der Waals surface area contributed by atoms with Crippen molar-refractivity contribution in [1.29, 1.82) is 0 Å². The van der Waals surface area contributed by atoms with Crippen molar-refractivity contribution in [1.82, 2.24) is 10.6 Å². The van der Waals surface area contributed by atoms with E-state index >= 15 is 0 Å². The molecular formula is C11H17F3N2O4. The summed E-state index contributed by atoms with van der Waals surface area (Å²) in [6, 6.07) is -1.22. The predicted octanol–water partition coefficient (Wildman–Crippen LogP) is 1.12. The zero-order valence-electron chi connectivity index (χ0n) is 10.7. The maximum atomic E-state index is 11.9. The molecule has 20 heavy (non-hydrogen) atoms. The van der Waals surface area contributed by atoms with E-state index in [1.54, 1.807) is 0 Å². The van der Waals surface area contributed by atoms with Crippen molar-refractivity contribution in [2.45, 2.75) is 31.5 Å². The Morgan fingerprint density at radius 2 is 1.95 bits per heavy atom. The van der Waals surface area contributed by atoms with Crippen molar-refractivity contribution >= 4 is 12.0 Å². The number of carboxylic acids is 1. The summed E-state index contributed by atoms with van der Waals surface area (Å²) in [4.78, 5) is 22.3. The van der Waals surface area contributed by atoms with Crippen LogP contribution in [0.25, 0.3) is 0 Å². The smallest absolute Gasteiger partial charge is 0.389 e. The summed E-state index contributed by atoms with van der Waals surface area (Å²) in [5, 5.41) is 13.7. The Labute approximate surface area is 113 Å². The normalized spacial score (nSPS) is 22.6. The number of carbonyl (C=O) groups excluding carboxylic acids is 1. The second-order valence-corrected chi connectivity index (χ2v) is 4.56. The van der Waals surface area contributed by atoms with Crippen LogP contribution in [0.1, 0.15) is 19.3 Å². The number of hydrogen-bond acceptors (Lipinski definition) is 3. The van der Waals surface area contributed by atoms with Crippen molar-refractivity contribution in [3.8, 4) is 0 Å². The number of ether oxygens (including phenoxy) is 1. The summed E-state index contributed by atoms with van der Waals surface area (Å²) < 4.78 is 40.5. The molecule has 6 nitrogen and oxygen atoms in total. The molecule has 2 atom stereocenters.